The van der Waals surface area contributed by atoms with Crippen molar-refractivity contribution in [3.8, 4) is 21.8 Å². The second kappa shape index (κ2) is 7.08. The maximum absolute atomic E-state index is 12.2. The van der Waals surface area contributed by atoms with E-state index in [4.69, 9.17) is 0 Å². The standard InChI is InChI=1S/C20H20N4O2S/c1-12(2)24-16(25)11-10-15(23-24)18-17(13-6-4-3-5-7-13)21-20(27-18)22-19(26)14-8-9-14/h3-7,10-12,14H,8-9H2,1-2H3,(H,21,22,26). The average molecular weight is 380 g/mol. The molecule has 0 saturated heterocycles. The van der Waals surface area contributed by atoms with Crippen LogP contribution in [0, 0.1) is 5.92 Å². The molecule has 0 aliphatic heterocycles. The minimum atomic E-state index is -0.137. The van der Waals surface area contributed by atoms with Gasteiger partial charge in [0, 0.05) is 17.5 Å². The lowest BCUT2D eigenvalue weighted by Crippen LogP contribution is -2.23. The van der Waals surface area contributed by atoms with E-state index in [0.29, 0.717) is 10.8 Å². The van der Waals surface area contributed by atoms with Gasteiger partial charge >= 0.3 is 0 Å². The van der Waals surface area contributed by atoms with Crippen LogP contribution in [-0.4, -0.2) is 20.7 Å². The zero-order chi connectivity index (χ0) is 19.0. The summed E-state index contributed by atoms with van der Waals surface area (Å²) >= 11 is 1.39. The van der Waals surface area contributed by atoms with Gasteiger partial charge in [-0.3, -0.25) is 9.59 Å². The van der Waals surface area contributed by atoms with Crippen molar-refractivity contribution in [2.24, 2.45) is 5.92 Å². The highest BCUT2D eigenvalue weighted by Gasteiger charge is 2.30. The quantitative estimate of drug-likeness (QED) is 0.727. The molecule has 1 aliphatic carbocycles. The van der Waals surface area contributed by atoms with Crippen molar-refractivity contribution < 1.29 is 4.79 Å². The largest absolute Gasteiger partial charge is 0.302 e. The number of aromatic nitrogens is 3. The molecule has 3 aromatic rings. The van der Waals surface area contributed by atoms with Gasteiger partial charge in [-0.15, -0.1) is 0 Å². The molecule has 0 spiro atoms. The summed E-state index contributed by atoms with van der Waals surface area (Å²) < 4.78 is 1.46. The van der Waals surface area contributed by atoms with Gasteiger partial charge in [-0.25, -0.2) is 9.67 Å². The van der Waals surface area contributed by atoms with Crippen LogP contribution in [0.25, 0.3) is 21.8 Å². The topological polar surface area (TPSA) is 76.9 Å². The third-order valence-electron chi connectivity index (χ3n) is 4.40. The highest BCUT2D eigenvalue weighted by atomic mass is 32.1. The Kier molecular flexibility index (Phi) is 4.61. The Morgan fingerprint density at radius 1 is 1.19 bits per heavy atom. The van der Waals surface area contributed by atoms with Crippen LogP contribution in [0.15, 0.2) is 47.3 Å². The molecule has 0 bridgehead atoms. The maximum atomic E-state index is 12.2. The van der Waals surface area contributed by atoms with Gasteiger partial charge in [0.25, 0.3) is 5.56 Å². The van der Waals surface area contributed by atoms with E-state index in [0.717, 1.165) is 29.0 Å². The lowest BCUT2D eigenvalue weighted by atomic mass is 10.1. The number of benzene rings is 1. The van der Waals surface area contributed by atoms with Crippen LogP contribution in [0.2, 0.25) is 0 Å². The van der Waals surface area contributed by atoms with Crippen LogP contribution < -0.4 is 10.9 Å². The van der Waals surface area contributed by atoms with Crippen LogP contribution >= 0.6 is 11.3 Å². The second-order valence-corrected chi connectivity index (χ2v) is 7.92. The highest BCUT2D eigenvalue weighted by Crippen LogP contribution is 2.39. The first-order valence-electron chi connectivity index (χ1n) is 9.00. The molecular formula is C20H20N4O2S. The zero-order valence-corrected chi connectivity index (χ0v) is 16.0. The van der Waals surface area contributed by atoms with Gasteiger partial charge in [0.2, 0.25) is 5.91 Å². The minimum Gasteiger partial charge on any atom is -0.302 e. The van der Waals surface area contributed by atoms with Crippen LogP contribution in [0.1, 0.15) is 32.7 Å². The summed E-state index contributed by atoms with van der Waals surface area (Å²) in [6.45, 7) is 3.84. The molecule has 4 rings (SSSR count). The Morgan fingerprint density at radius 3 is 2.59 bits per heavy atom. The van der Waals surface area contributed by atoms with Gasteiger partial charge in [0.15, 0.2) is 5.13 Å². The average Bonchev–Trinajstić information content (AvgIpc) is 3.44. The molecule has 2 heterocycles. The molecule has 0 unspecified atom stereocenters. The first-order valence-corrected chi connectivity index (χ1v) is 9.82. The minimum absolute atomic E-state index is 0.0232. The van der Waals surface area contributed by atoms with Crippen LogP contribution in [0.5, 0.6) is 0 Å². The molecule has 1 aliphatic rings. The van der Waals surface area contributed by atoms with Crippen molar-refractivity contribution in [3.05, 3.63) is 52.8 Å². The number of carbonyl (C=O) groups is 1. The van der Waals surface area contributed by atoms with Crippen LogP contribution in [0.3, 0.4) is 0 Å². The SMILES string of the molecule is CC(C)n1nc(-c2sc(NC(=O)C3CC3)nc2-c2ccccc2)ccc1=O. The third-order valence-corrected chi connectivity index (χ3v) is 5.39. The second-order valence-electron chi connectivity index (χ2n) is 6.92. The van der Waals surface area contributed by atoms with Crippen molar-refractivity contribution in [2.75, 3.05) is 5.32 Å². The maximum Gasteiger partial charge on any atom is 0.267 e. The number of amides is 1. The molecule has 1 fully saturated rings. The Hall–Kier alpha value is -2.80. The molecule has 138 valence electrons. The Bertz CT molecular complexity index is 1040. The molecule has 1 amide bonds. The summed E-state index contributed by atoms with van der Waals surface area (Å²) in [6.07, 6.45) is 1.88. The summed E-state index contributed by atoms with van der Waals surface area (Å²) in [5.74, 6) is 0.133. The summed E-state index contributed by atoms with van der Waals surface area (Å²) in [6, 6.07) is 13.0. The first kappa shape index (κ1) is 17.6. The summed E-state index contributed by atoms with van der Waals surface area (Å²) in [4.78, 5) is 29.7. The number of thiazole rings is 1. The van der Waals surface area contributed by atoms with Crippen molar-refractivity contribution in [1.82, 2.24) is 14.8 Å². The molecule has 7 heteroatoms. The predicted molar refractivity (Wildman–Crippen MR) is 107 cm³/mol. The van der Waals surface area contributed by atoms with Gasteiger partial charge < -0.3 is 5.32 Å². The van der Waals surface area contributed by atoms with E-state index in [2.05, 4.69) is 15.4 Å². The molecule has 1 saturated carbocycles. The number of hydrogen-bond donors (Lipinski definition) is 1. The van der Waals surface area contributed by atoms with Gasteiger partial charge in [0.1, 0.15) is 5.69 Å². The molecular weight excluding hydrogens is 360 g/mol. The fourth-order valence-corrected chi connectivity index (χ4v) is 3.76. The Balaban J connectivity index is 1.80. The summed E-state index contributed by atoms with van der Waals surface area (Å²) in [7, 11) is 0. The van der Waals surface area contributed by atoms with Gasteiger partial charge in [0.05, 0.1) is 16.6 Å². The van der Waals surface area contributed by atoms with Crippen molar-refractivity contribution in [3.63, 3.8) is 0 Å². The fraction of sp³-hybridized carbons (Fsp3) is 0.300. The number of hydrogen-bond acceptors (Lipinski definition) is 5. The lowest BCUT2D eigenvalue weighted by Gasteiger charge is -2.09. The summed E-state index contributed by atoms with van der Waals surface area (Å²) in [5.41, 5.74) is 2.24. The van der Waals surface area contributed by atoms with Crippen molar-refractivity contribution in [2.45, 2.75) is 32.7 Å². The fourth-order valence-electron chi connectivity index (χ4n) is 2.81. The molecule has 27 heavy (non-hydrogen) atoms. The number of anilines is 1. The van der Waals surface area contributed by atoms with E-state index in [1.807, 2.05) is 44.2 Å². The van der Waals surface area contributed by atoms with E-state index >= 15 is 0 Å². The molecule has 6 nitrogen and oxygen atoms in total. The molecule has 0 atom stereocenters. The number of nitrogens with one attached hydrogen (secondary N) is 1. The van der Waals surface area contributed by atoms with Gasteiger partial charge in [-0.05, 0) is 32.8 Å². The van der Waals surface area contributed by atoms with E-state index in [9.17, 15) is 9.59 Å². The Labute approximate surface area is 160 Å². The van der Waals surface area contributed by atoms with Crippen molar-refractivity contribution in [1.29, 1.82) is 0 Å². The van der Waals surface area contributed by atoms with E-state index in [1.165, 1.54) is 22.1 Å². The highest BCUT2D eigenvalue weighted by molar-refractivity contribution is 7.19. The number of rotatable bonds is 5. The predicted octanol–water partition coefficient (Wildman–Crippen LogP) is 3.96. The molecule has 2 aromatic heterocycles. The molecule has 0 radical (unpaired) electrons. The number of nitrogens with zero attached hydrogens (tertiary/aromatic N) is 3. The van der Waals surface area contributed by atoms with Crippen molar-refractivity contribution >= 4 is 22.4 Å². The van der Waals surface area contributed by atoms with Gasteiger partial charge in [-0.1, -0.05) is 41.7 Å². The van der Waals surface area contributed by atoms with Crippen LogP contribution in [-0.2, 0) is 4.79 Å². The molecule has 1 N–H and O–H groups in total. The third kappa shape index (κ3) is 3.68. The Morgan fingerprint density at radius 2 is 1.93 bits per heavy atom. The lowest BCUT2D eigenvalue weighted by molar-refractivity contribution is -0.117. The van der Waals surface area contributed by atoms with E-state index < -0.39 is 0 Å². The van der Waals surface area contributed by atoms with E-state index in [-0.39, 0.29) is 23.4 Å². The molecule has 1 aromatic carbocycles. The number of carbonyl (C=O) groups excluding carboxylic acids is 1. The van der Waals surface area contributed by atoms with E-state index in [1.54, 1.807) is 6.07 Å². The first-order chi connectivity index (χ1) is 13.0. The monoisotopic (exact) mass is 380 g/mol. The van der Waals surface area contributed by atoms with Crippen LogP contribution in [0.4, 0.5) is 5.13 Å². The smallest absolute Gasteiger partial charge is 0.267 e. The zero-order valence-electron chi connectivity index (χ0n) is 15.2. The summed E-state index contributed by atoms with van der Waals surface area (Å²) in [5, 5.41) is 8.02. The van der Waals surface area contributed by atoms with Gasteiger partial charge in [-0.2, -0.15) is 5.10 Å². The normalized spacial score (nSPS) is 13.7.